The van der Waals surface area contributed by atoms with Crippen molar-refractivity contribution in [3.63, 3.8) is 0 Å². The molecule has 1 heterocycles. The first-order chi connectivity index (χ1) is 6.09. The average molecular weight is 183 g/mol. The number of fused-ring (bicyclic) bond motifs is 1. The normalized spacial score (nSPS) is 15.0. The van der Waals surface area contributed by atoms with Crippen LogP contribution in [0.3, 0.4) is 0 Å². The summed E-state index contributed by atoms with van der Waals surface area (Å²) in [6, 6.07) is 1.98. The Morgan fingerprint density at radius 1 is 1.38 bits per heavy atom. The summed E-state index contributed by atoms with van der Waals surface area (Å²) in [6.07, 6.45) is 0.0838. The molecule has 0 radical (unpaired) electrons. The number of anilines is 1. The molecule has 1 aromatic rings. The van der Waals surface area contributed by atoms with E-state index in [1.807, 2.05) is 0 Å². The van der Waals surface area contributed by atoms with Gasteiger partial charge in [-0.2, -0.15) is 0 Å². The molecule has 0 saturated heterocycles. The van der Waals surface area contributed by atoms with Crippen LogP contribution in [0.25, 0.3) is 0 Å². The second-order valence-corrected chi connectivity index (χ2v) is 3.02. The quantitative estimate of drug-likeness (QED) is 0.596. The maximum absolute atomic E-state index is 13.1. The van der Waals surface area contributed by atoms with Gasteiger partial charge in [-0.15, -0.1) is 0 Å². The lowest BCUT2D eigenvalue weighted by Crippen LogP contribution is -2.21. The van der Waals surface area contributed by atoms with Crippen LogP contribution >= 0.6 is 0 Å². The van der Waals surface area contributed by atoms with Crippen molar-refractivity contribution in [2.75, 3.05) is 11.9 Å². The predicted octanol–water partition coefficient (Wildman–Crippen LogP) is 1.48. The fraction of sp³-hybridized carbons (Fsp3) is 0.222. The first-order valence-corrected chi connectivity index (χ1v) is 3.84. The van der Waals surface area contributed by atoms with E-state index in [9.17, 15) is 13.6 Å². The van der Waals surface area contributed by atoms with E-state index in [1.165, 1.54) is 18.0 Å². The molecule has 0 fully saturated rings. The van der Waals surface area contributed by atoms with Crippen molar-refractivity contribution in [1.29, 1.82) is 0 Å². The van der Waals surface area contributed by atoms with Crippen LogP contribution in [0, 0.1) is 11.6 Å². The summed E-state index contributed by atoms with van der Waals surface area (Å²) in [5.41, 5.74) is 0.622. The zero-order chi connectivity index (χ0) is 9.59. The Bertz CT molecular complexity index is 389. The molecule has 0 aromatic heterocycles. The van der Waals surface area contributed by atoms with Gasteiger partial charge in [0.05, 0.1) is 12.1 Å². The lowest BCUT2D eigenvalue weighted by molar-refractivity contribution is -0.117. The summed E-state index contributed by atoms with van der Waals surface area (Å²) in [4.78, 5) is 12.3. The molecule has 0 saturated carbocycles. The number of benzene rings is 1. The van der Waals surface area contributed by atoms with Gasteiger partial charge in [-0.1, -0.05) is 0 Å². The van der Waals surface area contributed by atoms with Crippen LogP contribution in [-0.4, -0.2) is 13.0 Å². The van der Waals surface area contributed by atoms with Crippen molar-refractivity contribution < 1.29 is 13.6 Å². The number of halogens is 2. The average Bonchev–Trinajstić information content (AvgIpc) is 2.27. The van der Waals surface area contributed by atoms with Crippen molar-refractivity contribution >= 4 is 11.6 Å². The Balaban J connectivity index is 2.64. The van der Waals surface area contributed by atoms with Gasteiger partial charge in [0, 0.05) is 13.1 Å². The molecule has 0 spiro atoms. The number of carbonyl (C=O) groups is 1. The molecular weight excluding hydrogens is 176 g/mol. The Labute approximate surface area is 73.8 Å². The lowest BCUT2D eigenvalue weighted by atomic mass is 10.1. The summed E-state index contributed by atoms with van der Waals surface area (Å²) < 4.78 is 25.8. The molecule has 0 bridgehead atoms. The van der Waals surface area contributed by atoms with Crippen molar-refractivity contribution in [2.45, 2.75) is 6.42 Å². The van der Waals surface area contributed by atoms with E-state index in [-0.39, 0.29) is 18.0 Å². The highest BCUT2D eigenvalue weighted by Crippen LogP contribution is 2.30. The molecule has 0 unspecified atom stereocenters. The number of rotatable bonds is 0. The SMILES string of the molecule is CN1C(=O)Cc2cc(F)cc(F)c21. The van der Waals surface area contributed by atoms with Gasteiger partial charge in [-0.05, 0) is 11.6 Å². The number of nitrogens with zero attached hydrogens (tertiary/aromatic N) is 1. The van der Waals surface area contributed by atoms with E-state index < -0.39 is 11.6 Å². The van der Waals surface area contributed by atoms with Crippen LogP contribution < -0.4 is 4.90 Å². The first kappa shape index (κ1) is 8.16. The summed E-state index contributed by atoms with van der Waals surface area (Å²) in [6.45, 7) is 0. The highest BCUT2D eigenvalue weighted by Gasteiger charge is 2.27. The van der Waals surface area contributed by atoms with Gasteiger partial charge in [0.1, 0.15) is 11.6 Å². The van der Waals surface area contributed by atoms with Crippen LogP contribution in [-0.2, 0) is 11.2 Å². The zero-order valence-electron chi connectivity index (χ0n) is 6.97. The molecule has 0 atom stereocenters. The van der Waals surface area contributed by atoms with E-state index in [4.69, 9.17) is 0 Å². The molecule has 13 heavy (non-hydrogen) atoms. The zero-order valence-corrected chi connectivity index (χ0v) is 6.97. The van der Waals surface area contributed by atoms with Gasteiger partial charge in [-0.3, -0.25) is 4.79 Å². The van der Waals surface area contributed by atoms with Gasteiger partial charge in [0.2, 0.25) is 5.91 Å². The van der Waals surface area contributed by atoms with Gasteiger partial charge in [0.25, 0.3) is 0 Å². The van der Waals surface area contributed by atoms with E-state index in [2.05, 4.69) is 0 Å². The first-order valence-electron chi connectivity index (χ1n) is 3.84. The van der Waals surface area contributed by atoms with Gasteiger partial charge in [-0.25, -0.2) is 8.78 Å². The fourth-order valence-corrected chi connectivity index (χ4v) is 1.54. The third-order valence-electron chi connectivity index (χ3n) is 2.16. The second-order valence-electron chi connectivity index (χ2n) is 3.02. The van der Waals surface area contributed by atoms with Gasteiger partial charge >= 0.3 is 0 Å². The largest absolute Gasteiger partial charge is 0.312 e. The van der Waals surface area contributed by atoms with Crippen LogP contribution in [0.5, 0.6) is 0 Å². The van der Waals surface area contributed by atoms with Crippen molar-refractivity contribution in [3.8, 4) is 0 Å². The molecule has 4 heteroatoms. The van der Waals surface area contributed by atoms with Crippen molar-refractivity contribution in [3.05, 3.63) is 29.3 Å². The number of hydrogen-bond donors (Lipinski definition) is 0. The second kappa shape index (κ2) is 2.52. The third kappa shape index (κ3) is 1.09. The molecule has 1 amide bonds. The summed E-state index contributed by atoms with van der Waals surface area (Å²) in [5, 5.41) is 0. The van der Waals surface area contributed by atoms with Gasteiger partial charge in [0.15, 0.2) is 0 Å². The Morgan fingerprint density at radius 2 is 2.08 bits per heavy atom. The lowest BCUT2D eigenvalue weighted by Gasteiger charge is -2.10. The summed E-state index contributed by atoms with van der Waals surface area (Å²) in [7, 11) is 1.48. The molecule has 1 aliphatic heterocycles. The Kier molecular flexibility index (Phi) is 1.58. The highest BCUT2D eigenvalue weighted by atomic mass is 19.1. The minimum Gasteiger partial charge on any atom is -0.312 e. The summed E-state index contributed by atoms with van der Waals surface area (Å²) in [5.74, 6) is -1.53. The van der Waals surface area contributed by atoms with Crippen LogP contribution in [0.4, 0.5) is 14.5 Å². The predicted molar refractivity (Wildman–Crippen MR) is 43.5 cm³/mol. The molecule has 2 rings (SSSR count). The van der Waals surface area contributed by atoms with Crippen LogP contribution in [0.2, 0.25) is 0 Å². The standard InChI is InChI=1S/C9H7F2NO/c1-12-8(13)3-5-2-6(10)4-7(11)9(5)12/h2,4H,3H2,1H3. The topological polar surface area (TPSA) is 20.3 Å². The summed E-state index contributed by atoms with van der Waals surface area (Å²) >= 11 is 0. The maximum Gasteiger partial charge on any atom is 0.231 e. The van der Waals surface area contributed by atoms with E-state index in [1.54, 1.807) is 0 Å². The molecule has 0 aliphatic carbocycles. The molecule has 1 aromatic carbocycles. The van der Waals surface area contributed by atoms with E-state index in [0.29, 0.717) is 5.56 Å². The number of hydrogen-bond acceptors (Lipinski definition) is 1. The highest BCUT2D eigenvalue weighted by molar-refractivity contribution is 6.01. The van der Waals surface area contributed by atoms with Gasteiger partial charge < -0.3 is 4.90 Å². The number of carbonyl (C=O) groups excluding carboxylic acids is 1. The molecule has 1 aliphatic rings. The third-order valence-corrected chi connectivity index (χ3v) is 2.16. The minimum atomic E-state index is -0.677. The van der Waals surface area contributed by atoms with E-state index >= 15 is 0 Å². The number of likely N-dealkylation sites (N-methyl/N-ethyl adjacent to an activating group) is 1. The Morgan fingerprint density at radius 3 is 2.77 bits per heavy atom. The molecule has 0 N–H and O–H groups in total. The van der Waals surface area contributed by atoms with E-state index in [0.717, 1.165) is 6.07 Å². The smallest absolute Gasteiger partial charge is 0.231 e. The van der Waals surface area contributed by atoms with Crippen molar-refractivity contribution in [2.24, 2.45) is 0 Å². The number of amides is 1. The Hall–Kier alpha value is -1.45. The molecule has 68 valence electrons. The fourth-order valence-electron chi connectivity index (χ4n) is 1.54. The van der Waals surface area contributed by atoms with Crippen LogP contribution in [0.1, 0.15) is 5.56 Å². The maximum atomic E-state index is 13.1. The van der Waals surface area contributed by atoms with Crippen LogP contribution in [0.15, 0.2) is 12.1 Å². The van der Waals surface area contributed by atoms with Crippen molar-refractivity contribution in [1.82, 2.24) is 0 Å². The minimum absolute atomic E-state index is 0.0838. The molecule has 2 nitrogen and oxygen atoms in total. The molecular formula is C9H7F2NO. The monoisotopic (exact) mass is 183 g/mol.